The average Bonchev–Trinajstić information content (AvgIpc) is 2.44. The topological polar surface area (TPSA) is 45.6 Å². The van der Waals surface area contributed by atoms with Gasteiger partial charge in [-0.1, -0.05) is 12.1 Å². The fourth-order valence-corrected chi connectivity index (χ4v) is 2.25. The maximum absolute atomic E-state index is 14.0. The fourth-order valence-electron chi connectivity index (χ4n) is 2.25. The van der Waals surface area contributed by atoms with Crippen molar-refractivity contribution in [3.63, 3.8) is 0 Å². The summed E-state index contributed by atoms with van der Waals surface area (Å²) in [5.41, 5.74) is 0.840. The van der Waals surface area contributed by atoms with Crippen molar-refractivity contribution >= 4 is 5.69 Å². The second-order valence-electron chi connectivity index (χ2n) is 4.74. The van der Waals surface area contributed by atoms with Gasteiger partial charge < -0.3 is 14.7 Å². The van der Waals surface area contributed by atoms with Gasteiger partial charge in [0.2, 0.25) is 0 Å². The van der Waals surface area contributed by atoms with E-state index in [0.717, 1.165) is 5.75 Å². The molecule has 4 nitrogen and oxygen atoms in total. The highest BCUT2D eigenvalue weighted by Gasteiger charge is 2.30. The van der Waals surface area contributed by atoms with Gasteiger partial charge in [-0.2, -0.15) is 0 Å². The van der Waals surface area contributed by atoms with E-state index in [2.05, 4.69) is 4.98 Å². The summed E-state index contributed by atoms with van der Waals surface area (Å²) in [6.45, 7) is 0.979. The lowest BCUT2D eigenvalue weighted by molar-refractivity contribution is 0.166. The summed E-state index contributed by atoms with van der Waals surface area (Å²) in [7, 11) is 0. The fraction of sp³-hybridized carbons (Fsp3) is 0.267. The van der Waals surface area contributed by atoms with E-state index in [1.165, 1.54) is 0 Å². The summed E-state index contributed by atoms with van der Waals surface area (Å²) in [6.07, 6.45) is 3.40. The molecular weight excluding hydrogens is 259 g/mol. The van der Waals surface area contributed by atoms with Gasteiger partial charge in [0.25, 0.3) is 0 Å². The molecule has 0 amide bonds. The Kier molecular flexibility index (Phi) is 3.52. The minimum atomic E-state index is -0.350. The van der Waals surface area contributed by atoms with Crippen molar-refractivity contribution in [2.45, 2.75) is 12.7 Å². The molecule has 104 valence electrons. The Hall–Kier alpha value is -2.14. The first kappa shape index (κ1) is 12.9. The molecule has 0 aliphatic carbocycles. The lowest BCUT2D eigenvalue weighted by Crippen LogP contribution is -2.54. The lowest BCUT2D eigenvalue weighted by atomic mass is 10.1. The van der Waals surface area contributed by atoms with Crippen LogP contribution >= 0.6 is 0 Å². The summed E-state index contributed by atoms with van der Waals surface area (Å²) >= 11 is 0. The molecule has 2 heterocycles. The third kappa shape index (κ3) is 2.44. The lowest BCUT2D eigenvalue weighted by Gasteiger charge is -2.40. The van der Waals surface area contributed by atoms with Gasteiger partial charge in [0, 0.05) is 18.0 Å². The summed E-state index contributed by atoms with van der Waals surface area (Å²) in [5, 5.41) is 9.07. The summed E-state index contributed by atoms with van der Waals surface area (Å²) in [4.78, 5) is 5.83. The van der Waals surface area contributed by atoms with Crippen molar-refractivity contribution < 1.29 is 14.2 Å². The number of benzene rings is 1. The van der Waals surface area contributed by atoms with Crippen LogP contribution in [-0.4, -0.2) is 29.3 Å². The Bertz CT molecular complexity index is 586. The van der Waals surface area contributed by atoms with Crippen molar-refractivity contribution in [1.82, 2.24) is 4.98 Å². The van der Waals surface area contributed by atoms with E-state index in [9.17, 15) is 4.39 Å². The summed E-state index contributed by atoms with van der Waals surface area (Å²) < 4.78 is 19.8. The molecule has 1 aliphatic rings. The molecule has 5 heteroatoms. The molecule has 20 heavy (non-hydrogen) atoms. The molecule has 3 rings (SSSR count). The van der Waals surface area contributed by atoms with E-state index < -0.39 is 0 Å². The first-order valence-corrected chi connectivity index (χ1v) is 6.48. The molecule has 1 N–H and O–H groups in total. The zero-order chi connectivity index (χ0) is 13.9. The van der Waals surface area contributed by atoms with E-state index in [1.54, 1.807) is 42.7 Å². The van der Waals surface area contributed by atoms with E-state index in [0.29, 0.717) is 24.3 Å². The van der Waals surface area contributed by atoms with Crippen molar-refractivity contribution in [3.05, 3.63) is 54.1 Å². The zero-order valence-corrected chi connectivity index (χ0v) is 10.9. The molecule has 0 spiro atoms. The van der Waals surface area contributed by atoms with Crippen LogP contribution in [-0.2, 0) is 6.61 Å². The van der Waals surface area contributed by atoms with Crippen LogP contribution in [0.5, 0.6) is 5.75 Å². The van der Waals surface area contributed by atoms with Crippen LogP contribution in [0.15, 0.2) is 42.7 Å². The predicted octanol–water partition coefficient (Wildman–Crippen LogP) is 1.98. The minimum absolute atomic E-state index is 0.0505. The highest BCUT2D eigenvalue weighted by Crippen LogP contribution is 2.28. The number of aliphatic hydroxyl groups is 1. The number of hydrogen-bond acceptors (Lipinski definition) is 4. The SMILES string of the molecule is OCc1cccc(N2CC(Oc3ccncc3)C2)c1F. The number of nitrogens with zero attached hydrogens (tertiary/aromatic N) is 2. The number of rotatable bonds is 4. The van der Waals surface area contributed by atoms with E-state index in [1.807, 2.05) is 4.90 Å². The normalized spacial score (nSPS) is 15.0. The largest absolute Gasteiger partial charge is 0.487 e. The summed E-state index contributed by atoms with van der Waals surface area (Å²) in [6, 6.07) is 8.66. The van der Waals surface area contributed by atoms with Gasteiger partial charge in [0.05, 0.1) is 25.4 Å². The molecule has 0 saturated carbocycles. The molecule has 2 aromatic rings. The first-order valence-electron chi connectivity index (χ1n) is 6.48. The number of ether oxygens (including phenoxy) is 1. The highest BCUT2D eigenvalue weighted by molar-refractivity contribution is 5.52. The number of halogens is 1. The molecule has 0 atom stereocenters. The third-order valence-electron chi connectivity index (χ3n) is 3.37. The predicted molar refractivity (Wildman–Crippen MR) is 73.2 cm³/mol. The molecule has 1 fully saturated rings. The second kappa shape index (κ2) is 5.46. The van der Waals surface area contributed by atoms with E-state index >= 15 is 0 Å². The van der Waals surface area contributed by atoms with Crippen molar-refractivity contribution in [1.29, 1.82) is 0 Å². The van der Waals surface area contributed by atoms with Gasteiger partial charge in [-0.05, 0) is 18.2 Å². The van der Waals surface area contributed by atoms with Crippen LogP contribution in [0.25, 0.3) is 0 Å². The van der Waals surface area contributed by atoms with Crippen molar-refractivity contribution in [2.75, 3.05) is 18.0 Å². The van der Waals surface area contributed by atoms with Gasteiger partial charge in [-0.25, -0.2) is 4.39 Å². The van der Waals surface area contributed by atoms with Gasteiger partial charge in [-0.3, -0.25) is 4.98 Å². The molecule has 0 bridgehead atoms. The second-order valence-corrected chi connectivity index (χ2v) is 4.74. The Morgan fingerprint density at radius 2 is 2.00 bits per heavy atom. The van der Waals surface area contributed by atoms with Crippen LogP contribution < -0.4 is 9.64 Å². The van der Waals surface area contributed by atoms with E-state index in [4.69, 9.17) is 9.84 Å². The first-order chi connectivity index (χ1) is 9.78. The number of aromatic nitrogens is 1. The minimum Gasteiger partial charge on any atom is -0.487 e. The quantitative estimate of drug-likeness (QED) is 0.926. The van der Waals surface area contributed by atoms with Crippen LogP contribution in [0.2, 0.25) is 0 Å². The average molecular weight is 274 g/mol. The zero-order valence-electron chi connectivity index (χ0n) is 10.9. The molecular formula is C15H15FN2O2. The highest BCUT2D eigenvalue weighted by atomic mass is 19.1. The number of anilines is 1. The smallest absolute Gasteiger partial charge is 0.151 e. The maximum Gasteiger partial charge on any atom is 0.151 e. The van der Waals surface area contributed by atoms with Gasteiger partial charge in [0.15, 0.2) is 5.82 Å². The molecule has 1 aromatic carbocycles. The van der Waals surface area contributed by atoms with Crippen molar-refractivity contribution in [2.24, 2.45) is 0 Å². The summed E-state index contributed by atoms with van der Waals surface area (Å²) in [5.74, 6) is 0.423. The van der Waals surface area contributed by atoms with Crippen LogP contribution in [0, 0.1) is 5.82 Å². The van der Waals surface area contributed by atoms with Crippen LogP contribution in [0.4, 0.5) is 10.1 Å². The Morgan fingerprint density at radius 3 is 2.70 bits per heavy atom. The number of hydrogen-bond donors (Lipinski definition) is 1. The number of pyridine rings is 1. The Balaban J connectivity index is 1.63. The molecule has 0 unspecified atom stereocenters. The molecule has 1 aromatic heterocycles. The third-order valence-corrected chi connectivity index (χ3v) is 3.37. The standard InChI is InChI=1S/C15H15FN2O2/c16-15-11(10-19)2-1-3-14(15)18-8-13(9-18)20-12-4-6-17-7-5-12/h1-7,13,19H,8-10H2. The number of aliphatic hydroxyl groups excluding tert-OH is 1. The van der Waals surface area contributed by atoms with Crippen LogP contribution in [0.1, 0.15) is 5.56 Å². The molecule has 1 saturated heterocycles. The van der Waals surface area contributed by atoms with Crippen molar-refractivity contribution in [3.8, 4) is 5.75 Å². The van der Waals surface area contributed by atoms with Gasteiger partial charge >= 0.3 is 0 Å². The Labute approximate surface area is 116 Å². The maximum atomic E-state index is 14.0. The molecule has 1 aliphatic heterocycles. The Morgan fingerprint density at radius 1 is 1.25 bits per heavy atom. The van der Waals surface area contributed by atoms with E-state index in [-0.39, 0.29) is 18.5 Å². The van der Waals surface area contributed by atoms with Gasteiger partial charge in [0.1, 0.15) is 11.9 Å². The molecule has 0 radical (unpaired) electrons. The monoisotopic (exact) mass is 274 g/mol. The van der Waals surface area contributed by atoms with Gasteiger partial charge in [-0.15, -0.1) is 0 Å². The van der Waals surface area contributed by atoms with Crippen LogP contribution in [0.3, 0.4) is 0 Å².